The number of hydrogen-bond donors (Lipinski definition) is 3. The van der Waals surface area contributed by atoms with Crippen LogP contribution in [0.1, 0.15) is 22.3 Å². The third kappa shape index (κ3) is 3.14. The highest BCUT2D eigenvalue weighted by molar-refractivity contribution is 6.03. The number of hydroxylamine groups is 1. The van der Waals surface area contributed by atoms with Crippen molar-refractivity contribution >= 4 is 23.1 Å². The van der Waals surface area contributed by atoms with Gasteiger partial charge in [0.05, 0.1) is 18.9 Å². The number of amidine groups is 1. The number of rotatable bonds is 2. The highest BCUT2D eigenvalue weighted by atomic mass is 16.5. The van der Waals surface area contributed by atoms with Gasteiger partial charge in [0.15, 0.2) is 11.5 Å². The van der Waals surface area contributed by atoms with Crippen molar-refractivity contribution in [3.05, 3.63) is 47.5 Å². The number of hydrogen-bond acceptors (Lipinski definition) is 6. The number of carbonyl (C=O) groups is 1. The Morgan fingerprint density at radius 1 is 1.12 bits per heavy atom. The van der Waals surface area contributed by atoms with Crippen LogP contribution in [0.3, 0.4) is 0 Å². The number of anilines is 1. The number of amides is 1. The minimum absolute atomic E-state index is 0.358. The molecule has 0 fully saturated rings. The van der Waals surface area contributed by atoms with Crippen LogP contribution in [0.25, 0.3) is 0 Å². The van der Waals surface area contributed by atoms with Gasteiger partial charge >= 0.3 is 0 Å². The third-order valence-electron chi connectivity index (χ3n) is 4.08. The average Bonchev–Trinajstić information content (AvgIpc) is 2.86. The van der Waals surface area contributed by atoms with E-state index in [1.54, 1.807) is 23.7 Å². The summed E-state index contributed by atoms with van der Waals surface area (Å²) in [6.45, 7) is 1.29. The Bertz CT molecular complexity index is 863. The van der Waals surface area contributed by atoms with E-state index < -0.39 is 5.91 Å². The van der Waals surface area contributed by atoms with E-state index in [1.807, 2.05) is 18.2 Å². The summed E-state index contributed by atoms with van der Waals surface area (Å²) >= 11 is 0. The molecule has 1 amide bonds. The van der Waals surface area contributed by atoms with E-state index in [0.29, 0.717) is 25.2 Å². The van der Waals surface area contributed by atoms with Gasteiger partial charge in [0.25, 0.3) is 5.91 Å². The molecule has 2 aromatic rings. The van der Waals surface area contributed by atoms with Crippen LogP contribution >= 0.6 is 0 Å². The zero-order valence-electron chi connectivity index (χ0n) is 13.4. The van der Waals surface area contributed by atoms with Crippen molar-refractivity contribution in [1.82, 2.24) is 5.48 Å². The Hall–Kier alpha value is -3.06. The topological polar surface area (TPSA) is 92.2 Å². The van der Waals surface area contributed by atoms with Gasteiger partial charge < -0.3 is 14.8 Å². The van der Waals surface area contributed by atoms with Gasteiger partial charge in [-0.15, -0.1) is 0 Å². The summed E-state index contributed by atoms with van der Waals surface area (Å²) in [5.41, 5.74) is 4.63. The lowest BCUT2D eigenvalue weighted by Crippen LogP contribution is -2.19. The molecule has 2 aromatic carbocycles. The fourth-order valence-electron chi connectivity index (χ4n) is 2.89. The van der Waals surface area contributed by atoms with Crippen molar-refractivity contribution in [2.45, 2.75) is 12.8 Å². The number of ether oxygens (including phenoxy) is 2. The molecule has 0 aliphatic carbocycles. The van der Waals surface area contributed by atoms with E-state index in [-0.39, 0.29) is 0 Å². The standard InChI is InChI=1S/C18H17N3O4/c22-18(21-23)11-3-1-4-13(7-11)19-17-9-12-8-15-16(10-14(12)20-17)25-6-2-5-24-15/h1,3-4,7-8,10,23H,2,5-6,9H2,(H,19,20)(H,21,22). The Labute approximate surface area is 144 Å². The number of benzene rings is 2. The fraction of sp³-hybridized carbons (Fsp3) is 0.222. The second-order valence-corrected chi connectivity index (χ2v) is 5.86. The minimum Gasteiger partial charge on any atom is -0.490 e. The van der Waals surface area contributed by atoms with Gasteiger partial charge in [0.2, 0.25) is 0 Å². The van der Waals surface area contributed by atoms with Gasteiger partial charge in [-0.25, -0.2) is 10.5 Å². The number of carbonyl (C=O) groups excluding carboxylic acids is 1. The average molecular weight is 339 g/mol. The predicted molar refractivity (Wildman–Crippen MR) is 92.2 cm³/mol. The van der Waals surface area contributed by atoms with Crippen LogP contribution in [0.4, 0.5) is 11.4 Å². The lowest BCUT2D eigenvalue weighted by Gasteiger charge is -2.08. The molecular formula is C18H17N3O4. The summed E-state index contributed by atoms with van der Waals surface area (Å²) in [6, 6.07) is 10.7. The molecule has 0 aromatic heterocycles. The lowest BCUT2D eigenvalue weighted by molar-refractivity contribution is 0.0706. The molecular weight excluding hydrogens is 322 g/mol. The van der Waals surface area contributed by atoms with Crippen molar-refractivity contribution in [3.8, 4) is 11.5 Å². The molecule has 128 valence electrons. The van der Waals surface area contributed by atoms with Crippen LogP contribution in [0.5, 0.6) is 11.5 Å². The molecule has 0 unspecified atom stereocenters. The van der Waals surface area contributed by atoms with E-state index in [2.05, 4.69) is 10.3 Å². The molecule has 2 aliphatic heterocycles. The second kappa shape index (κ2) is 6.45. The molecule has 2 aliphatic rings. The van der Waals surface area contributed by atoms with E-state index in [4.69, 9.17) is 14.7 Å². The predicted octanol–water partition coefficient (Wildman–Crippen LogP) is 2.67. The van der Waals surface area contributed by atoms with Crippen molar-refractivity contribution in [1.29, 1.82) is 0 Å². The zero-order valence-corrected chi connectivity index (χ0v) is 13.4. The Morgan fingerprint density at radius 2 is 1.92 bits per heavy atom. The number of nitrogens with zero attached hydrogens (tertiary/aromatic N) is 1. The second-order valence-electron chi connectivity index (χ2n) is 5.86. The first kappa shape index (κ1) is 15.5. The highest BCUT2D eigenvalue weighted by Crippen LogP contribution is 2.39. The van der Waals surface area contributed by atoms with Crippen molar-refractivity contribution < 1.29 is 19.5 Å². The van der Waals surface area contributed by atoms with E-state index in [0.717, 1.165) is 40.7 Å². The first-order chi connectivity index (χ1) is 12.2. The number of aliphatic imine (C=N–C) groups is 1. The monoisotopic (exact) mass is 339 g/mol. The van der Waals surface area contributed by atoms with Gasteiger partial charge in [-0.2, -0.15) is 0 Å². The summed E-state index contributed by atoms with van der Waals surface area (Å²) in [4.78, 5) is 16.1. The maximum absolute atomic E-state index is 11.5. The Morgan fingerprint density at radius 3 is 2.72 bits per heavy atom. The molecule has 0 saturated heterocycles. The van der Waals surface area contributed by atoms with Gasteiger partial charge in [-0.1, -0.05) is 6.07 Å². The summed E-state index contributed by atoms with van der Waals surface area (Å²) in [5.74, 6) is 1.70. The van der Waals surface area contributed by atoms with Crippen LogP contribution < -0.4 is 20.3 Å². The maximum atomic E-state index is 11.5. The van der Waals surface area contributed by atoms with Crippen LogP contribution in [0, 0.1) is 0 Å². The smallest absolute Gasteiger partial charge is 0.274 e. The summed E-state index contributed by atoms with van der Waals surface area (Å²) in [5, 5.41) is 12.0. The Kier molecular flexibility index (Phi) is 3.99. The van der Waals surface area contributed by atoms with Gasteiger partial charge in [0.1, 0.15) is 5.84 Å². The normalized spacial score (nSPS) is 15.0. The van der Waals surface area contributed by atoms with Crippen molar-refractivity contribution in [3.63, 3.8) is 0 Å². The fourth-order valence-corrected chi connectivity index (χ4v) is 2.89. The zero-order chi connectivity index (χ0) is 17.2. The summed E-state index contributed by atoms with van der Waals surface area (Å²) < 4.78 is 11.4. The first-order valence-electron chi connectivity index (χ1n) is 8.04. The molecule has 7 nitrogen and oxygen atoms in total. The van der Waals surface area contributed by atoms with E-state index in [9.17, 15) is 4.79 Å². The van der Waals surface area contributed by atoms with Crippen LogP contribution in [0.2, 0.25) is 0 Å². The SMILES string of the molecule is O=C(NO)c1cccc(NC2=Nc3cc4c(cc3C2)OCCCO4)c1. The molecule has 0 spiro atoms. The first-order valence-corrected chi connectivity index (χ1v) is 8.04. The van der Waals surface area contributed by atoms with Gasteiger partial charge in [-0.3, -0.25) is 10.0 Å². The summed E-state index contributed by atoms with van der Waals surface area (Å²) in [7, 11) is 0. The third-order valence-corrected chi connectivity index (χ3v) is 4.08. The molecule has 4 rings (SSSR count). The molecule has 0 bridgehead atoms. The molecule has 0 atom stereocenters. The molecule has 2 heterocycles. The number of nitrogens with one attached hydrogen (secondary N) is 2. The minimum atomic E-state index is -0.557. The van der Waals surface area contributed by atoms with E-state index in [1.165, 1.54) is 0 Å². The van der Waals surface area contributed by atoms with Crippen molar-refractivity contribution in [2.75, 3.05) is 18.5 Å². The molecule has 0 radical (unpaired) electrons. The van der Waals surface area contributed by atoms with Crippen molar-refractivity contribution in [2.24, 2.45) is 4.99 Å². The molecule has 0 saturated carbocycles. The molecule has 25 heavy (non-hydrogen) atoms. The van der Waals surface area contributed by atoms with Crippen LogP contribution in [-0.2, 0) is 6.42 Å². The lowest BCUT2D eigenvalue weighted by atomic mass is 10.1. The highest BCUT2D eigenvalue weighted by Gasteiger charge is 2.20. The largest absolute Gasteiger partial charge is 0.490 e. The Balaban J connectivity index is 1.55. The van der Waals surface area contributed by atoms with Crippen LogP contribution in [0.15, 0.2) is 41.4 Å². The van der Waals surface area contributed by atoms with E-state index >= 15 is 0 Å². The summed E-state index contributed by atoms with van der Waals surface area (Å²) in [6.07, 6.45) is 1.51. The quantitative estimate of drug-likeness (QED) is 0.578. The van der Waals surface area contributed by atoms with Gasteiger partial charge in [-0.05, 0) is 29.8 Å². The number of fused-ring (bicyclic) bond motifs is 2. The molecule has 7 heteroatoms. The maximum Gasteiger partial charge on any atom is 0.274 e. The molecule has 3 N–H and O–H groups in total. The van der Waals surface area contributed by atoms with Crippen LogP contribution in [-0.4, -0.2) is 30.2 Å². The van der Waals surface area contributed by atoms with Gasteiger partial charge in [0, 0.05) is 30.2 Å².